The Morgan fingerprint density at radius 2 is 1.80 bits per heavy atom. The summed E-state index contributed by atoms with van der Waals surface area (Å²) in [5.74, 6) is -0.539. The SMILES string of the molecule is COC(=O)C(C)CN(CCN(C)C)C(=O)CCCc1ccc(Cl)cc1. The second kappa shape index (κ2) is 11.1. The van der Waals surface area contributed by atoms with Crippen molar-refractivity contribution in [3.05, 3.63) is 34.9 Å². The van der Waals surface area contributed by atoms with Crippen molar-refractivity contribution in [2.75, 3.05) is 40.8 Å². The Bertz CT molecular complexity index is 546. The number of aryl methyl sites for hydroxylation is 1. The average Bonchev–Trinajstić information content (AvgIpc) is 2.58. The first-order valence-corrected chi connectivity index (χ1v) is 8.96. The van der Waals surface area contributed by atoms with Gasteiger partial charge in [-0.3, -0.25) is 9.59 Å². The number of nitrogens with zero attached hydrogens (tertiary/aromatic N) is 2. The molecule has 5 nitrogen and oxygen atoms in total. The third-order valence-electron chi connectivity index (χ3n) is 4.04. The van der Waals surface area contributed by atoms with E-state index in [0.29, 0.717) is 24.5 Å². The zero-order valence-electron chi connectivity index (χ0n) is 15.6. The number of esters is 1. The number of likely N-dealkylation sites (N-methyl/N-ethyl adjacent to an activating group) is 1. The Labute approximate surface area is 155 Å². The highest BCUT2D eigenvalue weighted by atomic mass is 35.5. The van der Waals surface area contributed by atoms with E-state index in [1.165, 1.54) is 12.7 Å². The van der Waals surface area contributed by atoms with Crippen LogP contribution < -0.4 is 0 Å². The summed E-state index contributed by atoms with van der Waals surface area (Å²) in [6, 6.07) is 7.69. The molecule has 0 aliphatic carbocycles. The standard InChI is InChI=1S/C19H29ClN2O3/c1-15(19(24)25-4)14-22(13-12-21(2)3)18(23)7-5-6-16-8-10-17(20)11-9-16/h8-11,15H,5-7,12-14H2,1-4H3. The van der Waals surface area contributed by atoms with Gasteiger partial charge in [0.05, 0.1) is 13.0 Å². The number of carbonyl (C=O) groups excluding carboxylic acids is 2. The van der Waals surface area contributed by atoms with Gasteiger partial charge in [-0.1, -0.05) is 30.7 Å². The number of halogens is 1. The molecule has 1 unspecified atom stereocenters. The summed E-state index contributed by atoms with van der Waals surface area (Å²) in [7, 11) is 5.30. The Morgan fingerprint density at radius 1 is 1.16 bits per heavy atom. The lowest BCUT2D eigenvalue weighted by Crippen LogP contribution is -2.41. The second-order valence-electron chi connectivity index (χ2n) is 6.55. The van der Waals surface area contributed by atoms with Gasteiger partial charge in [-0.25, -0.2) is 0 Å². The van der Waals surface area contributed by atoms with Gasteiger partial charge in [0.1, 0.15) is 0 Å². The summed E-state index contributed by atoms with van der Waals surface area (Å²) in [6.45, 7) is 3.54. The maximum atomic E-state index is 12.6. The molecular formula is C19H29ClN2O3. The molecule has 0 spiro atoms. The minimum absolute atomic E-state index is 0.0755. The topological polar surface area (TPSA) is 49.9 Å². The van der Waals surface area contributed by atoms with Crippen molar-refractivity contribution in [3.63, 3.8) is 0 Å². The molecule has 6 heteroatoms. The molecule has 1 amide bonds. The third kappa shape index (κ3) is 8.36. The molecule has 1 aromatic rings. The summed E-state index contributed by atoms with van der Waals surface area (Å²) >= 11 is 5.88. The fourth-order valence-corrected chi connectivity index (χ4v) is 2.62. The second-order valence-corrected chi connectivity index (χ2v) is 6.98. The van der Waals surface area contributed by atoms with Crippen molar-refractivity contribution in [1.82, 2.24) is 9.80 Å². The molecule has 1 aromatic carbocycles. The minimum Gasteiger partial charge on any atom is -0.469 e. The molecule has 1 atom stereocenters. The fourth-order valence-electron chi connectivity index (χ4n) is 2.50. The zero-order valence-corrected chi connectivity index (χ0v) is 16.4. The van der Waals surface area contributed by atoms with E-state index in [-0.39, 0.29) is 17.8 Å². The molecule has 0 aliphatic heterocycles. The normalized spacial score (nSPS) is 12.1. The van der Waals surface area contributed by atoms with E-state index >= 15 is 0 Å². The van der Waals surface area contributed by atoms with Crippen LogP contribution in [-0.2, 0) is 20.7 Å². The maximum Gasteiger partial charge on any atom is 0.310 e. The van der Waals surface area contributed by atoms with Crippen LogP contribution in [0, 0.1) is 5.92 Å². The summed E-state index contributed by atoms with van der Waals surface area (Å²) in [5.41, 5.74) is 1.17. The van der Waals surface area contributed by atoms with Crippen LogP contribution in [0.4, 0.5) is 0 Å². The number of benzene rings is 1. The van der Waals surface area contributed by atoms with Gasteiger partial charge >= 0.3 is 5.97 Å². The molecule has 0 bridgehead atoms. The Balaban J connectivity index is 2.55. The lowest BCUT2D eigenvalue weighted by atomic mass is 10.1. The molecule has 0 heterocycles. The first kappa shape index (κ1) is 21.5. The highest BCUT2D eigenvalue weighted by Gasteiger charge is 2.21. The van der Waals surface area contributed by atoms with Gasteiger partial charge in [0.25, 0.3) is 0 Å². The highest BCUT2D eigenvalue weighted by molar-refractivity contribution is 6.30. The number of amides is 1. The van der Waals surface area contributed by atoms with Gasteiger partial charge in [0.15, 0.2) is 0 Å². The van der Waals surface area contributed by atoms with Crippen molar-refractivity contribution < 1.29 is 14.3 Å². The molecule has 25 heavy (non-hydrogen) atoms. The number of hydrogen-bond donors (Lipinski definition) is 0. The van der Waals surface area contributed by atoms with Crippen LogP contribution in [0.5, 0.6) is 0 Å². The molecule has 140 valence electrons. The number of carbonyl (C=O) groups is 2. The first-order chi connectivity index (χ1) is 11.8. The summed E-state index contributed by atoms with van der Waals surface area (Å²) < 4.78 is 4.77. The van der Waals surface area contributed by atoms with E-state index in [1.54, 1.807) is 11.8 Å². The first-order valence-electron chi connectivity index (χ1n) is 8.58. The number of ether oxygens (including phenoxy) is 1. The molecule has 0 fully saturated rings. The van der Waals surface area contributed by atoms with Crippen LogP contribution in [0.25, 0.3) is 0 Å². The molecule has 0 radical (unpaired) electrons. The average molecular weight is 369 g/mol. The predicted octanol–water partition coefficient (Wildman–Crippen LogP) is 2.86. The predicted molar refractivity (Wildman–Crippen MR) is 101 cm³/mol. The molecule has 1 rings (SSSR count). The quantitative estimate of drug-likeness (QED) is 0.596. The van der Waals surface area contributed by atoms with E-state index in [1.807, 2.05) is 43.3 Å². The highest BCUT2D eigenvalue weighted by Crippen LogP contribution is 2.13. The van der Waals surface area contributed by atoms with Crippen molar-refractivity contribution >= 4 is 23.5 Å². The lowest BCUT2D eigenvalue weighted by molar-refractivity contribution is -0.146. The lowest BCUT2D eigenvalue weighted by Gasteiger charge is -2.26. The van der Waals surface area contributed by atoms with E-state index in [4.69, 9.17) is 16.3 Å². The number of rotatable bonds is 10. The summed E-state index contributed by atoms with van der Waals surface area (Å²) in [5, 5.41) is 0.714. The maximum absolute atomic E-state index is 12.6. The van der Waals surface area contributed by atoms with Crippen LogP contribution in [0.1, 0.15) is 25.3 Å². The molecule has 0 N–H and O–H groups in total. The molecular weight excluding hydrogens is 340 g/mol. The van der Waals surface area contributed by atoms with Gasteiger partial charge in [0, 0.05) is 31.1 Å². The van der Waals surface area contributed by atoms with Gasteiger partial charge in [-0.2, -0.15) is 0 Å². The van der Waals surface area contributed by atoms with Crippen molar-refractivity contribution in [1.29, 1.82) is 0 Å². The Kier molecular flexibility index (Phi) is 9.53. The summed E-state index contributed by atoms with van der Waals surface area (Å²) in [6.07, 6.45) is 2.06. The van der Waals surface area contributed by atoms with E-state index in [9.17, 15) is 9.59 Å². The van der Waals surface area contributed by atoms with Crippen molar-refractivity contribution in [2.24, 2.45) is 5.92 Å². The Hall–Kier alpha value is -1.59. The van der Waals surface area contributed by atoms with Gasteiger partial charge in [0.2, 0.25) is 5.91 Å². The van der Waals surface area contributed by atoms with Crippen molar-refractivity contribution in [3.8, 4) is 0 Å². The van der Waals surface area contributed by atoms with Gasteiger partial charge in [-0.05, 0) is 44.6 Å². The molecule has 0 saturated heterocycles. The molecule has 0 aromatic heterocycles. The zero-order chi connectivity index (χ0) is 18.8. The summed E-state index contributed by atoms with van der Waals surface area (Å²) in [4.78, 5) is 28.0. The Morgan fingerprint density at radius 3 is 2.36 bits per heavy atom. The van der Waals surface area contributed by atoms with Gasteiger partial charge in [-0.15, -0.1) is 0 Å². The number of hydrogen-bond acceptors (Lipinski definition) is 4. The minimum atomic E-state index is -0.327. The van der Waals surface area contributed by atoms with Crippen molar-refractivity contribution in [2.45, 2.75) is 26.2 Å². The smallest absolute Gasteiger partial charge is 0.310 e. The third-order valence-corrected chi connectivity index (χ3v) is 4.29. The van der Waals surface area contributed by atoms with E-state index in [2.05, 4.69) is 0 Å². The largest absolute Gasteiger partial charge is 0.469 e. The van der Waals surface area contributed by atoms with Gasteiger partial charge < -0.3 is 14.5 Å². The molecule has 0 saturated carbocycles. The van der Waals surface area contributed by atoms with Crippen LogP contribution in [0.2, 0.25) is 5.02 Å². The van der Waals surface area contributed by atoms with Crippen LogP contribution in [0.15, 0.2) is 24.3 Å². The van der Waals surface area contributed by atoms with Crippen LogP contribution >= 0.6 is 11.6 Å². The van der Waals surface area contributed by atoms with Crippen LogP contribution in [-0.4, -0.2) is 62.5 Å². The van der Waals surface area contributed by atoms with E-state index < -0.39 is 0 Å². The fraction of sp³-hybridized carbons (Fsp3) is 0.579. The van der Waals surface area contributed by atoms with Crippen LogP contribution in [0.3, 0.4) is 0 Å². The number of methoxy groups -OCH3 is 1. The monoisotopic (exact) mass is 368 g/mol. The molecule has 0 aliphatic rings. The van der Waals surface area contributed by atoms with E-state index in [0.717, 1.165) is 19.4 Å².